The van der Waals surface area contributed by atoms with E-state index in [0.717, 1.165) is 12.5 Å². The highest BCUT2D eigenvalue weighted by Crippen LogP contribution is 2.15. The largest absolute Gasteiger partial charge is 0.212 e. The van der Waals surface area contributed by atoms with E-state index in [2.05, 4.69) is 13.2 Å². The van der Waals surface area contributed by atoms with Crippen LogP contribution in [0.5, 0.6) is 0 Å². The molecule has 0 spiro atoms. The van der Waals surface area contributed by atoms with E-state index in [1.807, 2.05) is 0 Å². The summed E-state index contributed by atoms with van der Waals surface area (Å²) in [6, 6.07) is 0. The lowest BCUT2D eigenvalue weighted by molar-refractivity contribution is 0.397. The van der Waals surface area contributed by atoms with Crippen LogP contribution in [0.4, 0.5) is 0 Å². The molecule has 0 unspecified atom stereocenters. The Morgan fingerprint density at radius 2 is 1.00 bits per heavy atom. The van der Waals surface area contributed by atoms with Crippen LogP contribution in [-0.4, -0.2) is 64.1 Å². The van der Waals surface area contributed by atoms with Crippen molar-refractivity contribution in [2.45, 2.75) is 0 Å². The van der Waals surface area contributed by atoms with Crippen molar-refractivity contribution in [3.63, 3.8) is 0 Å². The van der Waals surface area contributed by atoms with E-state index < -0.39 is 20.0 Å². The van der Waals surface area contributed by atoms with Crippen LogP contribution in [0.2, 0.25) is 0 Å². The van der Waals surface area contributed by atoms with Gasteiger partial charge in [-0.25, -0.2) is 16.8 Å². The van der Waals surface area contributed by atoms with Gasteiger partial charge in [-0.05, 0) is 11.1 Å². The zero-order chi connectivity index (χ0) is 14.1. The maximum Gasteiger partial charge on any atom is 0.211 e. The zero-order valence-electron chi connectivity index (χ0n) is 10.6. The molecule has 0 radical (unpaired) electrons. The lowest BCUT2D eigenvalue weighted by Crippen LogP contribution is -2.43. The molecule has 1 rings (SSSR count). The van der Waals surface area contributed by atoms with Crippen molar-refractivity contribution >= 4 is 20.0 Å². The molecule has 6 nitrogen and oxygen atoms in total. The van der Waals surface area contributed by atoms with Crippen molar-refractivity contribution < 1.29 is 16.8 Å². The Hall–Kier alpha value is -0.700. The highest BCUT2D eigenvalue weighted by molar-refractivity contribution is 7.88. The molecule has 0 aromatic heterocycles. The quantitative estimate of drug-likeness (QED) is 0.652. The minimum Gasteiger partial charge on any atom is -0.212 e. The molecule has 0 atom stereocenters. The average Bonchev–Trinajstić information content (AvgIpc) is 2.09. The minimum absolute atomic E-state index is 0.115. The van der Waals surface area contributed by atoms with Crippen LogP contribution >= 0.6 is 0 Å². The lowest BCUT2D eigenvalue weighted by Gasteiger charge is -2.30. The monoisotopic (exact) mass is 294 g/mol. The molecule has 0 aliphatic carbocycles. The predicted molar refractivity (Wildman–Crippen MR) is 71.1 cm³/mol. The third-order valence-electron chi connectivity index (χ3n) is 2.54. The summed E-state index contributed by atoms with van der Waals surface area (Å²) in [6.07, 6.45) is 2.23. The molecule has 18 heavy (non-hydrogen) atoms. The van der Waals surface area contributed by atoms with Gasteiger partial charge in [0.15, 0.2) is 0 Å². The molecule has 0 saturated carbocycles. The van der Waals surface area contributed by atoms with Crippen LogP contribution in [0.1, 0.15) is 0 Å². The first-order chi connectivity index (χ1) is 8.00. The van der Waals surface area contributed by atoms with Gasteiger partial charge in [0.2, 0.25) is 20.0 Å². The van der Waals surface area contributed by atoms with Crippen molar-refractivity contribution in [1.29, 1.82) is 0 Å². The second-order valence-corrected chi connectivity index (χ2v) is 8.53. The van der Waals surface area contributed by atoms with Gasteiger partial charge in [0.25, 0.3) is 0 Å². The molecule has 1 aliphatic heterocycles. The van der Waals surface area contributed by atoms with Crippen molar-refractivity contribution in [3.8, 4) is 0 Å². The van der Waals surface area contributed by atoms with Crippen molar-refractivity contribution in [1.82, 2.24) is 8.61 Å². The topological polar surface area (TPSA) is 74.8 Å². The fourth-order valence-corrected chi connectivity index (χ4v) is 3.35. The van der Waals surface area contributed by atoms with Gasteiger partial charge in [0.1, 0.15) is 0 Å². The second kappa shape index (κ2) is 5.12. The van der Waals surface area contributed by atoms with E-state index in [1.54, 1.807) is 0 Å². The molecular weight excluding hydrogens is 276 g/mol. The van der Waals surface area contributed by atoms with E-state index in [4.69, 9.17) is 0 Å². The minimum atomic E-state index is -3.34. The number of nitrogens with zero attached hydrogens (tertiary/aromatic N) is 2. The Bertz CT molecular complexity index is 495. The SMILES string of the molecule is C=C1CN(S(C)(=O)=O)CC(=C)CN(S(C)(=O)=O)C1. The summed E-state index contributed by atoms with van der Waals surface area (Å²) >= 11 is 0. The molecule has 1 heterocycles. The smallest absolute Gasteiger partial charge is 0.211 e. The molecular formula is C10H18N2O4S2. The van der Waals surface area contributed by atoms with Crippen LogP contribution < -0.4 is 0 Å². The Labute approximate surface area is 109 Å². The van der Waals surface area contributed by atoms with Gasteiger partial charge >= 0.3 is 0 Å². The van der Waals surface area contributed by atoms with Crippen molar-refractivity contribution in [2.75, 3.05) is 38.7 Å². The molecule has 0 N–H and O–H groups in total. The maximum atomic E-state index is 11.5. The summed E-state index contributed by atoms with van der Waals surface area (Å²) in [5.74, 6) is 0. The Balaban J connectivity index is 2.99. The summed E-state index contributed by atoms with van der Waals surface area (Å²) in [7, 11) is -6.68. The first-order valence-electron chi connectivity index (χ1n) is 5.23. The van der Waals surface area contributed by atoms with Gasteiger partial charge in [0, 0.05) is 26.2 Å². The third-order valence-corrected chi connectivity index (χ3v) is 4.93. The number of hydrogen-bond acceptors (Lipinski definition) is 4. The van der Waals surface area contributed by atoms with E-state index in [9.17, 15) is 16.8 Å². The van der Waals surface area contributed by atoms with E-state index in [1.165, 1.54) is 8.61 Å². The molecule has 1 aliphatic rings. The fourth-order valence-electron chi connectivity index (χ4n) is 1.68. The van der Waals surface area contributed by atoms with Gasteiger partial charge in [-0.3, -0.25) is 0 Å². The first-order valence-corrected chi connectivity index (χ1v) is 8.93. The van der Waals surface area contributed by atoms with Crippen molar-refractivity contribution in [2.24, 2.45) is 0 Å². The van der Waals surface area contributed by atoms with Crippen LogP contribution in [0, 0.1) is 0 Å². The number of sulfonamides is 2. The summed E-state index contributed by atoms with van der Waals surface area (Å²) < 4.78 is 48.6. The summed E-state index contributed by atoms with van der Waals surface area (Å²) in [5, 5.41) is 0. The van der Waals surface area contributed by atoms with Gasteiger partial charge < -0.3 is 0 Å². The van der Waals surface area contributed by atoms with Crippen LogP contribution in [0.3, 0.4) is 0 Å². The molecule has 0 amide bonds. The molecule has 0 aromatic carbocycles. The Kier molecular flexibility index (Phi) is 4.37. The summed E-state index contributed by atoms with van der Waals surface area (Å²) in [6.45, 7) is 7.91. The van der Waals surface area contributed by atoms with E-state index in [-0.39, 0.29) is 26.2 Å². The lowest BCUT2D eigenvalue weighted by atomic mass is 10.2. The van der Waals surface area contributed by atoms with Gasteiger partial charge in [0.05, 0.1) is 12.5 Å². The highest BCUT2D eigenvalue weighted by atomic mass is 32.2. The fraction of sp³-hybridized carbons (Fsp3) is 0.600. The number of rotatable bonds is 2. The van der Waals surface area contributed by atoms with E-state index in [0.29, 0.717) is 11.1 Å². The van der Waals surface area contributed by atoms with E-state index >= 15 is 0 Å². The predicted octanol–water partition coefficient (Wildman–Crippen LogP) is -0.364. The third kappa shape index (κ3) is 4.20. The first kappa shape index (κ1) is 15.4. The molecule has 8 heteroatoms. The van der Waals surface area contributed by atoms with Crippen LogP contribution in [-0.2, 0) is 20.0 Å². The Morgan fingerprint density at radius 1 is 0.778 bits per heavy atom. The Morgan fingerprint density at radius 3 is 1.17 bits per heavy atom. The summed E-state index contributed by atoms with van der Waals surface area (Å²) in [5.41, 5.74) is 1.08. The molecule has 0 aromatic rings. The zero-order valence-corrected chi connectivity index (χ0v) is 12.2. The summed E-state index contributed by atoms with van der Waals surface area (Å²) in [4.78, 5) is 0. The number of hydrogen-bond donors (Lipinski definition) is 0. The van der Waals surface area contributed by atoms with Crippen molar-refractivity contribution in [3.05, 3.63) is 24.3 Å². The van der Waals surface area contributed by atoms with Crippen LogP contribution in [0.15, 0.2) is 24.3 Å². The maximum absolute atomic E-state index is 11.5. The average molecular weight is 294 g/mol. The normalized spacial score (nSPS) is 21.7. The molecule has 1 fully saturated rings. The second-order valence-electron chi connectivity index (χ2n) is 4.56. The molecule has 1 saturated heterocycles. The molecule has 0 bridgehead atoms. The molecule has 104 valence electrons. The van der Waals surface area contributed by atoms with Gasteiger partial charge in [-0.1, -0.05) is 13.2 Å². The standard InChI is InChI=1S/C10H18N2O4S2/c1-9-5-11(17(3,13)14)7-10(2)8-12(6-9)18(4,15)16/h1-2,5-8H2,3-4H3. The highest BCUT2D eigenvalue weighted by Gasteiger charge is 2.26. The van der Waals surface area contributed by atoms with Crippen LogP contribution in [0.25, 0.3) is 0 Å². The van der Waals surface area contributed by atoms with Gasteiger partial charge in [-0.2, -0.15) is 8.61 Å². The van der Waals surface area contributed by atoms with Gasteiger partial charge in [-0.15, -0.1) is 0 Å².